The molecule has 0 saturated carbocycles. The Labute approximate surface area is 170 Å². The van der Waals surface area contributed by atoms with Crippen molar-refractivity contribution in [1.29, 1.82) is 0 Å². The van der Waals surface area contributed by atoms with Crippen LogP contribution in [0, 0.1) is 0 Å². The van der Waals surface area contributed by atoms with Gasteiger partial charge in [-0.3, -0.25) is 4.79 Å². The highest BCUT2D eigenvalue weighted by Crippen LogP contribution is 2.25. The molecule has 9 heteroatoms. The van der Waals surface area contributed by atoms with Crippen LogP contribution in [0.4, 0.5) is 5.69 Å². The maximum absolute atomic E-state index is 12.1. The van der Waals surface area contributed by atoms with Gasteiger partial charge in [0.15, 0.2) is 11.0 Å². The molecule has 0 radical (unpaired) electrons. The molecule has 1 heterocycles. The van der Waals surface area contributed by atoms with Gasteiger partial charge in [0.05, 0.1) is 21.5 Å². The molecular weight excluding hydrogens is 407 g/mol. The van der Waals surface area contributed by atoms with Crippen LogP contribution in [0.3, 0.4) is 0 Å². The molecule has 0 spiro atoms. The Kier molecular flexibility index (Phi) is 6.60. The molecule has 1 amide bonds. The van der Waals surface area contributed by atoms with Crippen LogP contribution in [0.25, 0.3) is 0 Å². The summed E-state index contributed by atoms with van der Waals surface area (Å²) >= 11 is 13.4. The highest BCUT2D eigenvalue weighted by Gasteiger charge is 2.13. The topological polar surface area (TPSA) is 69.0 Å². The minimum absolute atomic E-state index is 0.176. The number of nitrogens with zero attached hydrogens (tertiary/aromatic N) is 3. The molecule has 3 aromatic rings. The van der Waals surface area contributed by atoms with Gasteiger partial charge in [0.2, 0.25) is 5.91 Å². The second-order valence-electron chi connectivity index (χ2n) is 5.49. The maximum Gasteiger partial charge on any atom is 0.234 e. The van der Waals surface area contributed by atoms with E-state index < -0.39 is 0 Å². The van der Waals surface area contributed by atoms with Crippen molar-refractivity contribution in [2.45, 2.75) is 11.8 Å². The molecule has 140 valence electrons. The largest absolute Gasteiger partial charge is 0.484 e. The molecule has 0 saturated heterocycles. The standard InChI is InChI=1S/C18H16Cl2N4O2S/c1-24-16(10-26-15-9-5-3-7-13(15)20)22-23-18(24)27-11-17(25)21-14-8-4-2-6-12(14)19/h2-9H,10-11H2,1H3,(H,21,25). The maximum atomic E-state index is 12.1. The molecule has 1 aromatic heterocycles. The van der Waals surface area contributed by atoms with Crippen LogP contribution in [-0.4, -0.2) is 26.4 Å². The predicted octanol–water partition coefficient (Wildman–Crippen LogP) is 4.43. The number of halogens is 2. The Balaban J connectivity index is 1.55. The zero-order valence-electron chi connectivity index (χ0n) is 14.4. The number of benzene rings is 2. The number of hydrogen-bond acceptors (Lipinski definition) is 5. The van der Waals surface area contributed by atoms with E-state index in [2.05, 4.69) is 15.5 Å². The van der Waals surface area contributed by atoms with E-state index in [1.54, 1.807) is 34.9 Å². The van der Waals surface area contributed by atoms with Crippen molar-refractivity contribution < 1.29 is 9.53 Å². The number of nitrogens with one attached hydrogen (secondary N) is 1. The third kappa shape index (κ3) is 5.15. The van der Waals surface area contributed by atoms with Crippen molar-refractivity contribution in [3.8, 4) is 5.75 Å². The molecule has 0 atom stereocenters. The fraction of sp³-hybridized carbons (Fsp3) is 0.167. The molecular formula is C18H16Cl2N4O2S. The Hall–Kier alpha value is -2.22. The first-order chi connectivity index (χ1) is 13.0. The van der Waals surface area contributed by atoms with Gasteiger partial charge in [-0.15, -0.1) is 10.2 Å². The van der Waals surface area contributed by atoms with Gasteiger partial charge >= 0.3 is 0 Å². The van der Waals surface area contributed by atoms with Crippen LogP contribution in [0.1, 0.15) is 5.82 Å². The lowest BCUT2D eigenvalue weighted by Crippen LogP contribution is -2.14. The van der Waals surface area contributed by atoms with Gasteiger partial charge < -0.3 is 14.6 Å². The normalized spacial score (nSPS) is 10.6. The number of amides is 1. The molecule has 0 unspecified atom stereocenters. The lowest BCUT2D eigenvalue weighted by Gasteiger charge is -2.08. The summed E-state index contributed by atoms with van der Waals surface area (Å²) in [5.41, 5.74) is 0.580. The van der Waals surface area contributed by atoms with Crippen LogP contribution in [0.2, 0.25) is 10.0 Å². The first kappa shape index (κ1) is 19.5. The average Bonchev–Trinajstić information content (AvgIpc) is 3.01. The third-order valence-electron chi connectivity index (χ3n) is 3.60. The van der Waals surface area contributed by atoms with Crippen LogP contribution >= 0.6 is 35.0 Å². The summed E-state index contributed by atoms with van der Waals surface area (Å²) in [6, 6.07) is 14.3. The van der Waals surface area contributed by atoms with Gasteiger partial charge in [-0.1, -0.05) is 59.2 Å². The van der Waals surface area contributed by atoms with E-state index in [1.165, 1.54) is 11.8 Å². The lowest BCUT2D eigenvalue weighted by molar-refractivity contribution is -0.113. The van der Waals surface area contributed by atoms with E-state index in [0.29, 0.717) is 32.5 Å². The molecule has 0 aliphatic carbocycles. The van der Waals surface area contributed by atoms with Crippen molar-refractivity contribution in [1.82, 2.24) is 14.8 Å². The molecule has 0 fully saturated rings. The number of para-hydroxylation sites is 2. The summed E-state index contributed by atoms with van der Waals surface area (Å²) in [5.74, 6) is 1.21. The van der Waals surface area contributed by atoms with Crippen molar-refractivity contribution in [2.24, 2.45) is 7.05 Å². The second-order valence-corrected chi connectivity index (χ2v) is 7.25. The Morgan fingerprint density at radius 2 is 1.81 bits per heavy atom. The van der Waals surface area contributed by atoms with E-state index in [9.17, 15) is 4.79 Å². The fourth-order valence-corrected chi connectivity index (χ4v) is 3.28. The fourth-order valence-electron chi connectivity index (χ4n) is 2.18. The number of ether oxygens (including phenoxy) is 1. The smallest absolute Gasteiger partial charge is 0.234 e. The van der Waals surface area contributed by atoms with E-state index >= 15 is 0 Å². The van der Waals surface area contributed by atoms with E-state index in [4.69, 9.17) is 27.9 Å². The zero-order chi connectivity index (χ0) is 19.2. The second kappa shape index (κ2) is 9.12. The number of thioether (sulfide) groups is 1. The summed E-state index contributed by atoms with van der Waals surface area (Å²) in [7, 11) is 1.82. The molecule has 0 aliphatic rings. The predicted molar refractivity (Wildman–Crippen MR) is 108 cm³/mol. The first-order valence-electron chi connectivity index (χ1n) is 7.97. The number of carbonyl (C=O) groups is 1. The summed E-state index contributed by atoms with van der Waals surface area (Å²) in [4.78, 5) is 12.1. The monoisotopic (exact) mass is 422 g/mol. The van der Waals surface area contributed by atoms with Gasteiger partial charge in [-0.05, 0) is 24.3 Å². The van der Waals surface area contributed by atoms with Crippen LogP contribution in [-0.2, 0) is 18.4 Å². The summed E-state index contributed by atoms with van der Waals surface area (Å²) in [5, 5.41) is 12.6. The van der Waals surface area contributed by atoms with Crippen LogP contribution < -0.4 is 10.1 Å². The van der Waals surface area contributed by atoms with Crippen molar-refractivity contribution in [2.75, 3.05) is 11.1 Å². The summed E-state index contributed by atoms with van der Waals surface area (Å²) in [6.07, 6.45) is 0. The SMILES string of the molecule is Cn1c(COc2ccccc2Cl)nnc1SCC(=O)Nc1ccccc1Cl. The number of hydrogen-bond donors (Lipinski definition) is 1. The molecule has 2 aromatic carbocycles. The zero-order valence-corrected chi connectivity index (χ0v) is 16.7. The highest BCUT2D eigenvalue weighted by molar-refractivity contribution is 7.99. The average molecular weight is 423 g/mol. The van der Waals surface area contributed by atoms with Crippen molar-refractivity contribution in [3.63, 3.8) is 0 Å². The number of carbonyl (C=O) groups excluding carboxylic acids is 1. The van der Waals surface area contributed by atoms with Crippen molar-refractivity contribution in [3.05, 3.63) is 64.4 Å². The number of aromatic nitrogens is 3. The minimum Gasteiger partial charge on any atom is -0.484 e. The van der Waals surface area contributed by atoms with Crippen molar-refractivity contribution >= 4 is 46.6 Å². The van der Waals surface area contributed by atoms with Gasteiger partial charge in [0.25, 0.3) is 0 Å². The Morgan fingerprint density at radius 3 is 2.56 bits per heavy atom. The number of anilines is 1. The number of rotatable bonds is 7. The van der Waals surface area contributed by atoms with Gasteiger partial charge in [0, 0.05) is 7.05 Å². The molecule has 6 nitrogen and oxygen atoms in total. The molecule has 0 aliphatic heterocycles. The molecule has 0 bridgehead atoms. The Bertz CT molecular complexity index is 949. The van der Waals surface area contributed by atoms with E-state index in [-0.39, 0.29) is 18.3 Å². The first-order valence-corrected chi connectivity index (χ1v) is 9.71. The highest BCUT2D eigenvalue weighted by atomic mass is 35.5. The lowest BCUT2D eigenvalue weighted by atomic mass is 10.3. The molecule has 3 rings (SSSR count). The molecule has 1 N–H and O–H groups in total. The summed E-state index contributed by atoms with van der Waals surface area (Å²) in [6.45, 7) is 0.222. The third-order valence-corrected chi connectivity index (χ3v) is 5.26. The minimum atomic E-state index is -0.176. The van der Waals surface area contributed by atoms with E-state index in [0.717, 1.165) is 0 Å². The van der Waals surface area contributed by atoms with Gasteiger partial charge in [-0.25, -0.2) is 0 Å². The van der Waals surface area contributed by atoms with Crippen LogP contribution in [0.5, 0.6) is 5.75 Å². The van der Waals surface area contributed by atoms with Gasteiger partial charge in [0.1, 0.15) is 12.4 Å². The summed E-state index contributed by atoms with van der Waals surface area (Å²) < 4.78 is 7.46. The quantitative estimate of drug-likeness (QED) is 0.570. The van der Waals surface area contributed by atoms with Gasteiger partial charge in [-0.2, -0.15) is 0 Å². The Morgan fingerprint density at radius 1 is 1.11 bits per heavy atom. The van der Waals surface area contributed by atoms with E-state index in [1.807, 2.05) is 25.2 Å². The van der Waals surface area contributed by atoms with Crippen LogP contribution in [0.15, 0.2) is 53.7 Å². The molecule has 27 heavy (non-hydrogen) atoms.